The summed E-state index contributed by atoms with van der Waals surface area (Å²) in [5.74, 6) is 0.676. The Morgan fingerprint density at radius 1 is 1.35 bits per heavy atom. The van der Waals surface area contributed by atoms with Crippen molar-refractivity contribution in [3.8, 4) is 5.75 Å². The molecule has 0 radical (unpaired) electrons. The van der Waals surface area contributed by atoms with Gasteiger partial charge in [-0.2, -0.15) is 0 Å². The van der Waals surface area contributed by atoms with E-state index in [0.717, 1.165) is 25.9 Å². The monoisotopic (exact) mass is 297 g/mol. The van der Waals surface area contributed by atoms with Crippen LogP contribution in [0.5, 0.6) is 5.75 Å². The van der Waals surface area contributed by atoms with Crippen molar-refractivity contribution < 1.29 is 14.3 Å². The van der Waals surface area contributed by atoms with E-state index < -0.39 is 0 Å². The molecular weight excluding hydrogens is 278 g/mol. The van der Waals surface area contributed by atoms with E-state index >= 15 is 0 Å². The molecule has 0 N–H and O–H groups in total. The second-order valence-electron chi connectivity index (χ2n) is 4.98. The number of carbonyl (C=O) groups is 1. The van der Waals surface area contributed by atoms with Gasteiger partial charge in [-0.3, -0.25) is 9.69 Å². The van der Waals surface area contributed by atoms with Gasteiger partial charge in [0.15, 0.2) is 5.78 Å². The molecule has 0 aromatic heterocycles. The molecule has 1 aliphatic rings. The van der Waals surface area contributed by atoms with E-state index in [2.05, 4.69) is 4.90 Å². The largest absolute Gasteiger partial charge is 0.495 e. The summed E-state index contributed by atoms with van der Waals surface area (Å²) in [4.78, 5) is 14.4. The number of carbonyl (C=O) groups excluding carboxylic acids is 1. The van der Waals surface area contributed by atoms with Crippen LogP contribution in [-0.4, -0.2) is 50.6 Å². The minimum absolute atomic E-state index is 0.0884. The van der Waals surface area contributed by atoms with E-state index in [4.69, 9.17) is 21.1 Å². The summed E-state index contributed by atoms with van der Waals surface area (Å²) in [6.07, 6.45) is 2.29. The fraction of sp³-hybridized carbons (Fsp3) is 0.533. The lowest BCUT2D eigenvalue weighted by Crippen LogP contribution is -2.39. The highest BCUT2D eigenvalue weighted by molar-refractivity contribution is 6.32. The molecule has 0 unspecified atom stereocenters. The molecule has 4 nitrogen and oxygen atoms in total. The predicted octanol–water partition coefficient (Wildman–Crippen LogP) is 2.64. The number of ketones is 1. The fourth-order valence-corrected chi connectivity index (χ4v) is 2.69. The Hall–Kier alpha value is -1.10. The Kier molecular flexibility index (Phi) is 5.40. The molecule has 1 aromatic carbocycles. The lowest BCUT2D eigenvalue weighted by molar-refractivity contribution is 0.0401. The molecule has 20 heavy (non-hydrogen) atoms. The topological polar surface area (TPSA) is 38.8 Å². The summed E-state index contributed by atoms with van der Waals surface area (Å²) >= 11 is 6.05. The van der Waals surface area contributed by atoms with Crippen molar-refractivity contribution in [2.75, 3.05) is 33.9 Å². The van der Waals surface area contributed by atoms with Gasteiger partial charge in [-0.1, -0.05) is 11.6 Å². The van der Waals surface area contributed by atoms with Crippen LogP contribution in [0.4, 0.5) is 0 Å². The Bertz CT molecular complexity index is 470. The van der Waals surface area contributed by atoms with Crippen LogP contribution in [0.25, 0.3) is 0 Å². The van der Waals surface area contributed by atoms with Gasteiger partial charge in [0.25, 0.3) is 0 Å². The van der Waals surface area contributed by atoms with Gasteiger partial charge in [-0.25, -0.2) is 0 Å². The number of ether oxygens (including phenoxy) is 2. The molecule has 1 heterocycles. The molecule has 1 saturated heterocycles. The molecule has 0 atom stereocenters. The summed E-state index contributed by atoms with van der Waals surface area (Å²) in [5, 5.41) is 0.469. The highest BCUT2D eigenvalue weighted by Gasteiger charge is 2.21. The zero-order chi connectivity index (χ0) is 14.5. The highest BCUT2D eigenvalue weighted by atomic mass is 35.5. The zero-order valence-electron chi connectivity index (χ0n) is 11.9. The van der Waals surface area contributed by atoms with Gasteiger partial charge in [0.2, 0.25) is 0 Å². The molecule has 1 fully saturated rings. The molecule has 1 aliphatic heterocycles. The van der Waals surface area contributed by atoms with Crippen LogP contribution >= 0.6 is 11.6 Å². The average molecular weight is 298 g/mol. The minimum atomic E-state index is 0.0884. The lowest BCUT2D eigenvalue weighted by atomic mass is 10.1. The molecular formula is C15H20ClNO3. The number of nitrogens with zero attached hydrogens (tertiary/aromatic N) is 1. The first-order valence-electron chi connectivity index (χ1n) is 6.76. The third-order valence-corrected chi connectivity index (χ3v) is 4.00. The number of rotatable bonds is 5. The van der Waals surface area contributed by atoms with Crippen LogP contribution in [0.3, 0.4) is 0 Å². The standard InChI is InChI=1S/C15H20ClNO3/c1-19-12-5-7-17(8-6-12)10-14(18)11-3-4-15(20-2)13(16)9-11/h3-4,9,12H,5-8,10H2,1-2H3. The van der Waals surface area contributed by atoms with E-state index in [9.17, 15) is 4.79 Å². The summed E-state index contributed by atoms with van der Waals surface area (Å²) < 4.78 is 10.4. The van der Waals surface area contributed by atoms with E-state index in [1.54, 1.807) is 32.4 Å². The maximum atomic E-state index is 12.2. The van der Waals surface area contributed by atoms with Gasteiger partial charge < -0.3 is 9.47 Å². The first-order valence-corrected chi connectivity index (χ1v) is 7.13. The number of piperidine rings is 1. The second kappa shape index (κ2) is 7.07. The Labute approximate surface area is 124 Å². The van der Waals surface area contributed by atoms with Crippen molar-refractivity contribution in [1.82, 2.24) is 4.90 Å². The summed E-state index contributed by atoms with van der Waals surface area (Å²) in [6, 6.07) is 5.16. The molecule has 110 valence electrons. The molecule has 0 amide bonds. The molecule has 0 aliphatic carbocycles. The summed E-state index contributed by atoms with van der Waals surface area (Å²) in [6.45, 7) is 2.22. The van der Waals surface area contributed by atoms with E-state index in [1.807, 2.05) is 0 Å². The fourth-order valence-electron chi connectivity index (χ4n) is 2.44. The Morgan fingerprint density at radius 3 is 2.60 bits per heavy atom. The van der Waals surface area contributed by atoms with Crippen LogP contribution < -0.4 is 4.74 Å². The number of methoxy groups -OCH3 is 2. The maximum absolute atomic E-state index is 12.2. The van der Waals surface area contributed by atoms with Crippen molar-refractivity contribution in [1.29, 1.82) is 0 Å². The average Bonchev–Trinajstić information content (AvgIpc) is 2.48. The second-order valence-corrected chi connectivity index (χ2v) is 5.39. The summed E-state index contributed by atoms with van der Waals surface area (Å²) in [7, 11) is 3.30. The molecule has 5 heteroatoms. The van der Waals surface area contributed by atoms with Crippen molar-refractivity contribution in [2.24, 2.45) is 0 Å². The maximum Gasteiger partial charge on any atom is 0.176 e. The van der Waals surface area contributed by atoms with Crippen LogP contribution in [0.1, 0.15) is 23.2 Å². The number of halogens is 1. The quantitative estimate of drug-likeness (QED) is 0.783. The van der Waals surface area contributed by atoms with E-state index in [1.165, 1.54) is 0 Å². The van der Waals surface area contributed by atoms with E-state index in [0.29, 0.717) is 29.0 Å². The molecule has 0 saturated carbocycles. The SMILES string of the molecule is COc1ccc(C(=O)CN2CCC(OC)CC2)cc1Cl. The van der Waals surface area contributed by atoms with Crippen molar-refractivity contribution in [3.05, 3.63) is 28.8 Å². The van der Waals surface area contributed by atoms with E-state index in [-0.39, 0.29) is 5.78 Å². The number of likely N-dealkylation sites (tertiary alicyclic amines) is 1. The van der Waals surface area contributed by atoms with Crippen molar-refractivity contribution >= 4 is 17.4 Å². The highest BCUT2D eigenvalue weighted by Crippen LogP contribution is 2.25. The molecule has 0 bridgehead atoms. The smallest absolute Gasteiger partial charge is 0.176 e. The number of hydrogen-bond donors (Lipinski definition) is 0. The minimum Gasteiger partial charge on any atom is -0.495 e. The van der Waals surface area contributed by atoms with Gasteiger partial charge in [0, 0.05) is 25.8 Å². The van der Waals surface area contributed by atoms with Gasteiger partial charge in [-0.05, 0) is 31.0 Å². The zero-order valence-corrected chi connectivity index (χ0v) is 12.7. The Morgan fingerprint density at radius 2 is 2.05 bits per heavy atom. The Balaban J connectivity index is 1.93. The van der Waals surface area contributed by atoms with Crippen molar-refractivity contribution in [3.63, 3.8) is 0 Å². The molecule has 1 aromatic rings. The van der Waals surface area contributed by atoms with Crippen LogP contribution in [0.15, 0.2) is 18.2 Å². The molecule has 2 rings (SSSR count). The first kappa shape index (κ1) is 15.3. The van der Waals surface area contributed by atoms with Gasteiger partial charge in [0.05, 0.1) is 24.8 Å². The molecule has 0 spiro atoms. The van der Waals surface area contributed by atoms with Gasteiger partial charge in [0.1, 0.15) is 5.75 Å². The van der Waals surface area contributed by atoms with Gasteiger partial charge in [-0.15, -0.1) is 0 Å². The predicted molar refractivity (Wildman–Crippen MR) is 78.8 cm³/mol. The number of benzene rings is 1. The lowest BCUT2D eigenvalue weighted by Gasteiger charge is -2.30. The number of Topliss-reactive ketones (excluding diaryl/α,β-unsaturated/α-hetero) is 1. The normalized spacial score (nSPS) is 17.1. The van der Waals surface area contributed by atoms with Crippen molar-refractivity contribution in [2.45, 2.75) is 18.9 Å². The van der Waals surface area contributed by atoms with Crippen LogP contribution in [0, 0.1) is 0 Å². The summed E-state index contributed by atoms with van der Waals surface area (Å²) in [5.41, 5.74) is 0.629. The third-order valence-electron chi connectivity index (χ3n) is 3.71. The third kappa shape index (κ3) is 3.72. The van der Waals surface area contributed by atoms with Crippen LogP contribution in [-0.2, 0) is 4.74 Å². The number of hydrogen-bond acceptors (Lipinski definition) is 4. The van der Waals surface area contributed by atoms with Crippen LogP contribution in [0.2, 0.25) is 5.02 Å². The first-order chi connectivity index (χ1) is 9.63. The van der Waals surface area contributed by atoms with Gasteiger partial charge >= 0.3 is 0 Å².